The molecule has 0 aliphatic heterocycles. The number of aromatic nitrogens is 2. The molecule has 0 aliphatic rings. The summed E-state index contributed by atoms with van der Waals surface area (Å²) in [4.78, 5) is 15.0. The van der Waals surface area contributed by atoms with Gasteiger partial charge in [0.05, 0.1) is 16.6 Å². The number of benzene rings is 2. The van der Waals surface area contributed by atoms with Crippen LogP contribution in [0.4, 0.5) is 13.2 Å². The van der Waals surface area contributed by atoms with Gasteiger partial charge in [-0.15, -0.1) is 0 Å². The van der Waals surface area contributed by atoms with Crippen molar-refractivity contribution in [3.05, 3.63) is 58.9 Å². The van der Waals surface area contributed by atoms with Gasteiger partial charge in [0, 0.05) is 5.69 Å². The first-order chi connectivity index (χ1) is 13.6. The molecule has 0 spiro atoms. The zero-order valence-electron chi connectivity index (χ0n) is 17.8. The van der Waals surface area contributed by atoms with E-state index in [1.165, 1.54) is 18.2 Å². The fraction of sp³-hybridized carbons (Fsp3) is 0.391. The first-order valence-corrected chi connectivity index (χ1v) is 9.58. The van der Waals surface area contributed by atoms with Crippen molar-refractivity contribution in [2.75, 3.05) is 0 Å². The molecule has 3 aromatic rings. The van der Waals surface area contributed by atoms with Gasteiger partial charge in [-0.3, -0.25) is 4.57 Å². The van der Waals surface area contributed by atoms with E-state index in [4.69, 9.17) is 0 Å². The molecule has 1 N–H and O–H groups in total. The molecular weight excluding hydrogens is 393 g/mol. The van der Waals surface area contributed by atoms with E-state index in [0.717, 1.165) is 15.7 Å². The number of hydrogen-bond acceptors (Lipinski definition) is 2. The predicted octanol–water partition coefficient (Wildman–Crippen LogP) is 6.34. The minimum absolute atomic E-state index is 0.0132. The maximum Gasteiger partial charge on any atom is 0.450 e. The van der Waals surface area contributed by atoms with Gasteiger partial charge in [0.15, 0.2) is 0 Å². The third-order valence-electron chi connectivity index (χ3n) is 5.06. The Balaban J connectivity index is 2.41. The Kier molecular flexibility index (Phi) is 5.00. The number of imidazole rings is 1. The van der Waals surface area contributed by atoms with Gasteiger partial charge in [-0.2, -0.15) is 13.2 Å². The Labute approximate surface area is 173 Å². The summed E-state index contributed by atoms with van der Waals surface area (Å²) in [5, 5.41) is 9.19. The van der Waals surface area contributed by atoms with E-state index in [0.29, 0.717) is 5.69 Å². The molecule has 0 radical (unpaired) electrons. The van der Waals surface area contributed by atoms with Crippen molar-refractivity contribution in [2.24, 2.45) is 0 Å². The first kappa shape index (κ1) is 21.9. The number of carboxylic acids is 1. The zero-order valence-corrected chi connectivity index (χ0v) is 17.8. The van der Waals surface area contributed by atoms with E-state index in [1.807, 2.05) is 47.6 Å². The molecule has 7 heteroatoms. The molecule has 30 heavy (non-hydrogen) atoms. The van der Waals surface area contributed by atoms with Gasteiger partial charge in [-0.05, 0) is 52.3 Å². The summed E-state index contributed by atoms with van der Waals surface area (Å²) >= 11 is 0. The molecule has 0 saturated carbocycles. The van der Waals surface area contributed by atoms with Gasteiger partial charge in [-0.25, -0.2) is 9.78 Å². The average Bonchev–Trinajstić information content (AvgIpc) is 2.98. The average molecular weight is 418 g/mol. The normalized spacial score (nSPS) is 13.1. The second-order valence-corrected chi connectivity index (χ2v) is 9.55. The van der Waals surface area contributed by atoms with Gasteiger partial charge >= 0.3 is 12.1 Å². The Bertz CT molecular complexity index is 1100. The number of nitrogens with zero attached hydrogens (tertiary/aromatic N) is 2. The van der Waals surface area contributed by atoms with E-state index in [9.17, 15) is 23.1 Å². The van der Waals surface area contributed by atoms with Crippen molar-refractivity contribution < 1.29 is 23.1 Å². The SMILES string of the molecule is CC(C)(C)c1cc(-n2c(C(F)(F)F)nc3cc(C(=O)O)ccc32)cc(C(C)(C)C)c1. The monoisotopic (exact) mass is 418 g/mol. The number of halogens is 3. The lowest BCUT2D eigenvalue weighted by Gasteiger charge is -2.27. The van der Waals surface area contributed by atoms with E-state index in [-0.39, 0.29) is 27.4 Å². The minimum atomic E-state index is -4.71. The van der Waals surface area contributed by atoms with Crippen LogP contribution in [0, 0.1) is 0 Å². The van der Waals surface area contributed by atoms with Gasteiger partial charge in [0.1, 0.15) is 0 Å². The minimum Gasteiger partial charge on any atom is -0.478 e. The fourth-order valence-corrected chi connectivity index (χ4v) is 3.27. The topological polar surface area (TPSA) is 55.1 Å². The molecule has 1 heterocycles. The molecule has 2 aromatic carbocycles. The summed E-state index contributed by atoms with van der Waals surface area (Å²) in [7, 11) is 0. The summed E-state index contributed by atoms with van der Waals surface area (Å²) < 4.78 is 42.8. The maximum atomic E-state index is 13.9. The molecule has 4 nitrogen and oxygen atoms in total. The number of alkyl halides is 3. The molecule has 0 atom stereocenters. The molecule has 0 saturated heterocycles. The molecule has 0 aliphatic carbocycles. The molecule has 0 bridgehead atoms. The highest BCUT2D eigenvalue weighted by atomic mass is 19.4. The second-order valence-electron chi connectivity index (χ2n) is 9.55. The number of hydrogen-bond donors (Lipinski definition) is 1. The second kappa shape index (κ2) is 6.86. The van der Waals surface area contributed by atoms with E-state index >= 15 is 0 Å². The largest absolute Gasteiger partial charge is 0.478 e. The van der Waals surface area contributed by atoms with Gasteiger partial charge in [-0.1, -0.05) is 47.6 Å². The third kappa shape index (κ3) is 4.06. The van der Waals surface area contributed by atoms with Crippen molar-refractivity contribution in [1.82, 2.24) is 9.55 Å². The number of fused-ring (bicyclic) bond motifs is 1. The lowest BCUT2D eigenvalue weighted by atomic mass is 9.80. The first-order valence-electron chi connectivity index (χ1n) is 9.58. The van der Waals surface area contributed by atoms with Gasteiger partial charge in [0.25, 0.3) is 0 Å². The molecule has 1 aromatic heterocycles. The van der Waals surface area contributed by atoms with Crippen LogP contribution in [0.25, 0.3) is 16.7 Å². The Morgan fingerprint density at radius 1 is 0.900 bits per heavy atom. The molecule has 0 fully saturated rings. The van der Waals surface area contributed by atoms with Crippen molar-refractivity contribution in [1.29, 1.82) is 0 Å². The lowest BCUT2D eigenvalue weighted by molar-refractivity contribution is -0.145. The van der Waals surface area contributed by atoms with Gasteiger partial charge < -0.3 is 5.11 Å². The Morgan fingerprint density at radius 3 is 1.87 bits per heavy atom. The third-order valence-corrected chi connectivity index (χ3v) is 5.06. The van der Waals surface area contributed by atoms with Crippen LogP contribution in [0.1, 0.15) is 68.9 Å². The number of carbonyl (C=O) groups is 1. The van der Waals surface area contributed by atoms with Crippen LogP contribution in [-0.2, 0) is 17.0 Å². The zero-order chi connectivity index (χ0) is 22.6. The number of rotatable bonds is 2. The highest BCUT2D eigenvalue weighted by Crippen LogP contribution is 2.37. The summed E-state index contributed by atoms with van der Waals surface area (Å²) in [5.41, 5.74) is 1.69. The number of aromatic carboxylic acids is 1. The maximum absolute atomic E-state index is 13.9. The van der Waals surface area contributed by atoms with Crippen LogP contribution in [0.3, 0.4) is 0 Å². The standard InChI is InChI=1S/C23H25F3N2O2/c1-21(2,3)14-10-15(22(4,5)6)12-16(11-14)28-18-8-7-13(19(29)30)9-17(18)27-20(28)23(24,25)26/h7-12H,1-6H3,(H,29,30). The number of carboxylic acid groups (broad SMARTS) is 1. The van der Waals surface area contributed by atoms with Crippen LogP contribution in [0.5, 0.6) is 0 Å². The highest BCUT2D eigenvalue weighted by molar-refractivity contribution is 5.93. The van der Waals surface area contributed by atoms with Crippen LogP contribution < -0.4 is 0 Å². The van der Waals surface area contributed by atoms with Crippen molar-refractivity contribution in [3.63, 3.8) is 0 Å². The van der Waals surface area contributed by atoms with Crippen molar-refractivity contribution in [3.8, 4) is 5.69 Å². The fourth-order valence-electron chi connectivity index (χ4n) is 3.27. The highest BCUT2D eigenvalue weighted by Gasteiger charge is 2.38. The van der Waals surface area contributed by atoms with E-state index in [2.05, 4.69) is 4.98 Å². The Hall–Kier alpha value is -2.83. The smallest absolute Gasteiger partial charge is 0.450 e. The summed E-state index contributed by atoms with van der Waals surface area (Å²) in [6.45, 7) is 12.0. The lowest BCUT2D eigenvalue weighted by Crippen LogP contribution is -2.19. The van der Waals surface area contributed by atoms with Crippen LogP contribution in [0.15, 0.2) is 36.4 Å². The van der Waals surface area contributed by atoms with Gasteiger partial charge in [0.2, 0.25) is 5.82 Å². The molecule has 160 valence electrons. The molecule has 3 rings (SSSR count). The Morgan fingerprint density at radius 2 is 1.43 bits per heavy atom. The quantitative estimate of drug-likeness (QED) is 0.528. The molecule has 0 unspecified atom stereocenters. The van der Waals surface area contributed by atoms with Crippen molar-refractivity contribution >= 4 is 17.0 Å². The molecule has 0 amide bonds. The van der Waals surface area contributed by atoms with E-state index in [1.54, 1.807) is 12.1 Å². The summed E-state index contributed by atoms with van der Waals surface area (Å²) in [6.07, 6.45) is -4.71. The van der Waals surface area contributed by atoms with Crippen molar-refractivity contribution in [2.45, 2.75) is 58.5 Å². The van der Waals surface area contributed by atoms with Crippen LogP contribution in [-0.4, -0.2) is 20.6 Å². The van der Waals surface area contributed by atoms with Crippen LogP contribution in [0.2, 0.25) is 0 Å². The predicted molar refractivity (Wildman–Crippen MR) is 110 cm³/mol. The van der Waals surface area contributed by atoms with E-state index < -0.39 is 18.0 Å². The summed E-state index contributed by atoms with van der Waals surface area (Å²) in [5.74, 6) is -2.30. The summed E-state index contributed by atoms with van der Waals surface area (Å²) in [6, 6.07) is 9.36. The molecular formula is C23H25F3N2O2. The van der Waals surface area contributed by atoms with Crippen LogP contribution >= 0.6 is 0 Å².